The molecule has 45 heavy (non-hydrogen) atoms. The molecule has 1 atom stereocenters. The van der Waals surface area contributed by atoms with Crippen LogP contribution in [0, 0.1) is 5.82 Å². The number of halogens is 2. The summed E-state index contributed by atoms with van der Waals surface area (Å²) in [5.74, 6) is -0.812. The van der Waals surface area contributed by atoms with E-state index in [0.717, 1.165) is 36.4 Å². The summed E-state index contributed by atoms with van der Waals surface area (Å²) in [7, 11) is -1.52. The Morgan fingerprint density at radius 3 is 2.20 bits per heavy atom. The predicted octanol–water partition coefficient (Wildman–Crippen LogP) is 5.95. The van der Waals surface area contributed by atoms with Crippen LogP contribution in [-0.2, 0) is 26.2 Å². The molecule has 3 aromatic carbocycles. The van der Waals surface area contributed by atoms with Crippen molar-refractivity contribution >= 4 is 39.1 Å². The first-order chi connectivity index (χ1) is 21.6. The van der Waals surface area contributed by atoms with Crippen LogP contribution in [0.1, 0.15) is 51.0 Å². The maximum atomic E-state index is 14.3. The third kappa shape index (κ3) is 8.46. The Hall–Kier alpha value is -3.83. The first kappa shape index (κ1) is 34.1. The van der Waals surface area contributed by atoms with E-state index in [-0.39, 0.29) is 41.2 Å². The van der Waals surface area contributed by atoms with Crippen LogP contribution in [0.4, 0.5) is 10.1 Å². The smallest absolute Gasteiger partial charge is 0.264 e. The van der Waals surface area contributed by atoms with Crippen molar-refractivity contribution < 1.29 is 31.9 Å². The molecule has 9 nitrogen and oxygen atoms in total. The fourth-order valence-corrected chi connectivity index (χ4v) is 7.05. The van der Waals surface area contributed by atoms with Gasteiger partial charge in [0.25, 0.3) is 10.0 Å². The Balaban J connectivity index is 1.73. The minimum Gasteiger partial charge on any atom is -0.493 e. The highest BCUT2D eigenvalue weighted by atomic mass is 35.5. The van der Waals surface area contributed by atoms with Crippen LogP contribution in [0.5, 0.6) is 11.5 Å². The average molecular weight is 660 g/mol. The molecule has 0 aliphatic heterocycles. The van der Waals surface area contributed by atoms with Crippen molar-refractivity contribution in [3.05, 3.63) is 83.1 Å². The largest absolute Gasteiger partial charge is 0.493 e. The topological polar surface area (TPSA) is 105 Å². The summed E-state index contributed by atoms with van der Waals surface area (Å²) < 4.78 is 53.7. The van der Waals surface area contributed by atoms with Crippen molar-refractivity contribution in [1.82, 2.24) is 10.2 Å². The van der Waals surface area contributed by atoms with Crippen molar-refractivity contribution in [2.45, 2.75) is 69.0 Å². The zero-order valence-corrected chi connectivity index (χ0v) is 27.2. The van der Waals surface area contributed by atoms with Gasteiger partial charge in [-0.15, -0.1) is 0 Å². The number of benzene rings is 3. The van der Waals surface area contributed by atoms with E-state index in [9.17, 15) is 22.4 Å². The minimum absolute atomic E-state index is 0.0130. The van der Waals surface area contributed by atoms with E-state index in [4.69, 9.17) is 21.1 Å². The number of hydrogen-bond donors (Lipinski definition) is 1. The lowest BCUT2D eigenvalue weighted by Crippen LogP contribution is -2.54. The standard InChI is InChI=1S/C33H39ClFN3O6S/c1-4-29(33(40)36-26-8-6-5-7-9-26)37(21-23-10-14-25(35)15-11-23)32(39)22-38(27-16-12-24(34)13-17-27)45(41,42)28-18-19-30(43-2)31(20-28)44-3/h10-20,26,29H,4-9,21-22H2,1-3H3,(H,36,40)/t29-/m1/s1. The molecular formula is C33H39ClFN3O6S. The lowest BCUT2D eigenvalue weighted by Gasteiger charge is -2.34. The van der Waals surface area contributed by atoms with Crippen molar-refractivity contribution in [1.29, 1.82) is 0 Å². The SMILES string of the molecule is CC[C@H](C(=O)NC1CCCCC1)N(Cc1ccc(F)cc1)C(=O)CN(c1ccc(Cl)cc1)S(=O)(=O)c1ccc(OC)c(OC)c1. The second-order valence-electron chi connectivity index (χ2n) is 10.9. The number of nitrogens with zero attached hydrogens (tertiary/aromatic N) is 2. The molecule has 0 aromatic heterocycles. The van der Waals surface area contributed by atoms with Crippen molar-refractivity contribution in [3.8, 4) is 11.5 Å². The Bertz CT molecular complexity index is 1560. The lowest BCUT2D eigenvalue weighted by molar-refractivity contribution is -0.140. The van der Waals surface area contributed by atoms with Crippen molar-refractivity contribution in [3.63, 3.8) is 0 Å². The molecule has 0 saturated heterocycles. The van der Waals surface area contributed by atoms with E-state index in [0.29, 0.717) is 16.3 Å². The Morgan fingerprint density at radius 2 is 1.60 bits per heavy atom. The summed E-state index contributed by atoms with van der Waals surface area (Å²) in [6.45, 7) is 1.15. The quantitative estimate of drug-likeness (QED) is 0.243. The minimum atomic E-state index is -4.35. The summed E-state index contributed by atoms with van der Waals surface area (Å²) in [5, 5.41) is 3.49. The van der Waals surface area contributed by atoms with Gasteiger partial charge in [0.05, 0.1) is 24.8 Å². The summed E-state index contributed by atoms with van der Waals surface area (Å²) >= 11 is 6.11. The molecule has 0 unspecified atom stereocenters. The van der Waals surface area contributed by atoms with E-state index in [1.807, 2.05) is 0 Å². The first-order valence-corrected chi connectivity index (χ1v) is 16.7. The molecule has 3 aromatic rings. The van der Waals surface area contributed by atoms with E-state index in [1.54, 1.807) is 19.1 Å². The van der Waals surface area contributed by atoms with Crippen LogP contribution in [0.3, 0.4) is 0 Å². The molecular weight excluding hydrogens is 621 g/mol. The number of methoxy groups -OCH3 is 2. The van der Waals surface area contributed by atoms with Crippen LogP contribution >= 0.6 is 11.6 Å². The molecule has 0 spiro atoms. The maximum Gasteiger partial charge on any atom is 0.264 e. The monoisotopic (exact) mass is 659 g/mol. The van der Waals surface area contributed by atoms with Crippen LogP contribution in [-0.4, -0.2) is 58.0 Å². The molecule has 242 valence electrons. The van der Waals surface area contributed by atoms with Gasteiger partial charge in [0.2, 0.25) is 11.8 Å². The third-order valence-corrected chi connectivity index (χ3v) is 9.96. The Kier molecular flexibility index (Phi) is 11.7. The molecule has 4 rings (SSSR count). The molecule has 1 fully saturated rings. The fraction of sp³-hybridized carbons (Fsp3) is 0.394. The third-order valence-electron chi connectivity index (χ3n) is 7.94. The molecule has 1 aliphatic carbocycles. The van der Waals surface area contributed by atoms with Crippen molar-refractivity contribution in [2.75, 3.05) is 25.1 Å². The number of sulfonamides is 1. The van der Waals surface area contributed by atoms with Gasteiger partial charge in [-0.05, 0) is 73.4 Å². The van der Waals surface area contributed by atoms with Crippen LogP contribution in [0.15, 0.2) is 71.6 Å². The molecule has 1 N–H and O–H groups in total. The Morgan fingerprint density at radius 1 is 0.956 bits per heavy atom. The second kappa shape index (κ2) is 15.4. The molecule has 1 aliphatic rings. The number of anilines is 1. The molecule has 1 saturated carbocycles. The second-order valence-corrected chi connectivity index (χ2v) is 13.2. The number of carbonyl (C=O) groups excluding carboxylic acids is 2. The summed E-state index contributed by atoms with van der Waals surface area (Å²) in [6.07, 6.45) is 5.17. The van der Waals surface area contributed by atoms with Crippen LogP contribution in [0.2, 0.25) is 5.02 Å². The average Bonchev–Trinajstić information content (AvgIpc) is 3.04. The molecule has 12 heteroatoms. The molecule has 0 bridgehead atoms. The normalized spacial score (nSPS) is 14.3. The molecule has 0 radical (unpaired) electrons. The van der Waals surface area contributed by atoms with Crippen LogP contribution in [0.25, 0.3) is 0 Å². The summed E-state index contributed by atoms with van der Waals surface area (Å²) in [5.41, 5.74) is 0.790. The summed E-state index contributed by atoms with van der Waals surface area (Å²) in [6, 6.07) is 15.0. The lowest BCUT2D eigenvalue weighted by atomic mass is 9.95. The number of amides is 2. The van der Waals surface area contributed by atoms with E-state index >= 15 is 0 Å². The first-order valence-electron chi connectivity index (χ1n) is 14.9. The number of rotatable bonds is 13. The van der Waals surface area contributed by atoms with Gasteiger partial charge in [-0.3, -0.25) is 13.9 Å². The van der Waals surface area contributed by atoms with Gasteiger partial charge in [0.15, 0.2) is 11.5 Å². The highest BCUT2D eigenvalue weighted by Gasteiger charge is 2.35. The van der Waals surface area contributed by atoms with Gasteiger partial charge < -0.3 is 19.7 Å². The van der Waals surface area contributed by atoms with E-state index in [1.165, 1.54) is 73.7 Å². The number of ether oxygens (including phenoxy) is 2. The Labute approximate surface area is 269 Å². The van der Waals surface area contributed by atoms with Crippen LogP contribution < -0.4 is 19.1 Å². The highest BCUT2D eigenvalue weighted by Crippen LogP contribution is 2.33. The van der Waals surface area contributed by atoms with Gasteiger partial charge in [0.1, 0.15) is 18.4 Å². The van der Waals surface area contributed by atoms with E-state index in [2.05, 4.69) is 5.32 Å². The number of carbonyl (C=O) groups is 2. The number of nitrogens with one attached hydrogen (secondary N) is 1. The van der Waals surface area contributed by atoms with Gasteiger partial charge in [-0.2, -0.15) is 0 Å². The summed E-state index contributed by atoms with van der Waals surface area (Å²) in [4.78, 5) is 29.1. The van der Waals surface area contributed by atoms with Gasteiger partial charge in [-0.25, -0.2) is 12.8 Å². The molecule has 2 amide bonds. The predicted molar refractivity (Wildman–Crippen MR) is 172 cm³/mol. The zero-order valence-electron chi connectivity index (χ0n) is 25.7. The van der Waals surface area contributed by atoms with E-state index < -0.39 is 34.3 Å². The fourth-order valence-electron chi connectivity index (χ4n) is 5.49. The highest BCUT2D eigenvalue weighted by molar-refractivity contribution is 7.92. The van der Waals surface area contributed by atoms with Gasteiger partial charge >= 0.3 is 0 Å². The van der Waals surface area contributed by atoms with Gasteiger partial charge in [0, 0.05) is 23.7 Å². The maximum absolute atomic E-state index is 14.3. The zero-order chi connectivity index (χ0) is 32.6. The number of hydrogen-bond acceptors (Lipinski definition) is 6. The van der Waals surface area contributed by atoms with Crippen molar-refractivity contribution in [2.24, 2.45) is 0 Å². The molecule has 0 heterocycles. The van der Waals surface area contributed by atoms with Gasteiger partial charge in [-0.1, -0.05) is 49.9 Å².